The number of fused-ring (bicyclic) bond motifs is 1. The Balaban J connectivity index is 1.65. The predicted octanol–water partition coefficient (Wildman–Crippen LogP) is 0.395. The molecule has 2 aromatic heterocycles. The third-order valence-electron chi connectivity index (χ3n) is 4.30. The molecule has 9 heteroatoms. The SMILES string of the molecule is CCCNC(=O)CN1CCN(S(=O)(=O)c2c[nH]c3ncccc23)CC1. The largest absolute Gasteiger partial charge is 0.355 e. The van der Waals surface area contributed by atoms with Crippen molar-refractivity contribution in [3.8, 4) is 0 Å². The molecule has 0 unspecified atom stereocenters. The van der Waals surface area contributed by atoms with Crippen molar-refractivity contribution in [1.29, 1.82) is 0 Å². The lowest BCUT2D eigenvalue weighted by atomic mass is 10.3. The number of amides is 1. The maximum absolute atomic E-state index is 12.9. The highest BCUT2D eigenvalue weighted by atomic mass is 32.2. The Morgan fingerprint density at radius 1 is 1.32 bits per heavy atom. The van der Waals surface area contributed by atoms with Gasteiger partial charge in [-0.1, -0.05) is 6.92 Å². The summed E-state index contributed by atoms with van der Waals surface area (Å²) in [6.45, 7) is 4.81. The first kappa shape index (κ1) is 17.8. The lowest BCUT2D eigenvalue weighted by molar-refractivity contribution is -0.122. The van der Waals surface area contributed by atoms with Gasteiger partial charge in [-0.05, 0) is 18.6 Å². The Morgan fingerprint density at radius 3 is 2.80 bits per heavy atom. The van der Waals surface area contributed by atoms with E-state index in [4.69, 9.17) is 0 Å². The number of aromatic amines is 1. The molecule has 8 nitrogen and oxygen atoms in total. The van der Waals surface area contributed by atoms with Crippen LogP contribution >= 0.6 is 0 Å². The molecular weight excluding hydrogens is 342 g/mol. The zero-order valence-corrected chi connectivity index (χ0v) is 15.1. The van der Waals surface area contributed by atoms with E-state index < -0.39 is 10.0 Å². The molecule has 1 aliphatic rings. The van der Waals surface area contributed by atoms with E-state index in [2.05, 4.69) is 15.3 Å². The molecule has 0 aromatic carbocycles. The molecule has 0 spiro atoms. The molecule has 0 aliphatic carbocycles. The molecule has 2 aromatic rings. The van der Waals surface area contributed by atoms with E-state index in [1.807, 2.05) is 11.8 Å². The molecule has 1 saturated heterocycles. The highest BCUT2D eigenvalue weighted by molar-refractivity contribution is 7.89. The minimum Gasteiger partial charge on any atom is -0.355 e. The Labute approximate surface area is 147 Å². The minimum absolute atomic E-state index is 0.0131. The molecular formula is C16H23N5O3S. The fourth-order valence-corrected chi connectivity index (χ4v) is 4.51. The predicted molar refractivity (Wildman–Crippen MR) is 94.6 cm³/mol. The van der Waals surface area contributed by atoms with Gasteiger partial charge < -0.3 is 10.3 Å². The van der Waals surface area contributed by atoms with Gasteiger partial charge in [0, 0.05) is 50.5 Å². The fourth-order valence-electron chi connectivity index (χ4n) is 2.93. The zero-order chi connectivity index (χ0) is 17.9. The Hall–Kier alpha value is -1.97. The summed E-state index contributed by atoms with van der Waals surface area (Å²) in [7, 11) is -3.58. The van der Waals surface area contributed by atoms with E-state index in [1.165, 1.54) is 10.5 Å². The maximum Gasteiger partial charge on any atom is 0.245 e. The van der Waals surface area contributed by atoms with E-state index >= 15 is 0 Å². The van der Waals surface area contributed by atoms with Crippen molar-refractivity contribution < 1.29 is 13.2 Å². The third kappa shape index (κ3) is 3.83. The average molecular weight is 365 g/mol. The summed E-state index contributed by atoms with van der Waals surface area (Å²) >= 11 is 0. The number of pyridine rings is 1. The van der Waals surface area contributed by atoms with Crippen LogP contribution in [0, 0.1) is 0 Å². The van der Waals surface area contributed by atoms with Crippen molar-refractivity contribution in [3.05, 3.63) is 24.5 Å². The van der Waals surface area contributed by atoms with Crippen molar-refractivity contribution in [2.45, 2.75) is 18.2 Å². The molecule has 1 fully saturated rings. The second-order valence-electron chi connectivity index (χ2n) is 6.08. The Kier molecular flexibility index (Phi) is 5.36. The van der Waals surface area contributed by atoms with Crippen LogP contribution in [0.15, 0.2) is 29.4 Å². The van der Waals surface area contributed by atoms with Gasteiger partial charge in [0.2, 0.25) is 15.9 Å². The lowest BCUT2D eigenvalue weighted by Gasteiger charge is -2.33. The zero-order valence-electron chi connectivity index (χ0n) is 14.2. The number of hydrogen-bond acceptors (Lipinski definition) is 5. The van der Waals surface area contributed by atoms with Crippen LogP contribution in [0.4, 0.5) is 0 Å². The van der Waals surface area contributed by atoms with Crippen molar-refractivity contribution in [1.82, 2.24) is 24.5 Å². The highest BCUT2D eigenvalue weighted by Crippen LogP contribution is 2.25. The first-order chi connectivity index (χ1) is 12.0. The molecule has 0 atom stereocenters. The Morgan fingerprint density at radius 2 is 2.08 bits per heavy atom. The topological polar surface area (TPSA) is 98.4 Å². The van der Waals surface area contributed by atoms with Gasteiger partial charge in [0.15, 0.2) is 0 Å². The number of carbonyl (C=O) groups is 1. The lowest BCUT2D eigenvalue weighted by Crippen LogP contribution is -2.51. The minimum atomic E-state index is -3.58. The number of nitrogens with one attached hydrogen (secondary N) is 2. The standard InChI is InChI=1S/C16H23N5O3S/c1-2-5-17-15(22)12-20-7-9-21(10-8-20)25(23,24)14-11-19-16-13(14)4-3-6-18-16/h3-4,6,11H,2,5,7-10,12H2,1H3,(H,17,22)(H,18,19). The van der Waals surface area contributed by atoms with Crippen molar-refractivity contribution in [2.24, 2.45) is 0 Å². The highest BCUT2D eigenvalue weighted by Gasteiger charge is 2.31. The van der Waals surface area contributed by atoms with E-state index in [1.54, 1.807) is 18.3 Å². The van der Waals surface area contributed by atoms with Crippen LogP contribution in [0.1, 0.15) is 13.3 Å². The van der Waals surface area contributed by atoms with Gasteiger partial charge in [0.25, 0.3) is 0 Å². The number of carbonyl (C=O) groups excluding carboxylic acids is 1. The van der Waals surface area contributed by atoms with Gasteiger partial charge in [0.05, 0.1) is 6.54 Å². The number of hydrogen-bond donors (Lipinski definition) is 2. The molecule has 2 N–H and O–H groups in total. The summed E-state index contributed by atoms with van der Waals surface area (Å²) in [6.07, 6.45) is 4.02. The normalized spacial score (nSPS) is 17.0. The molecule has 0 radical (unpaired) electrons. The van der Waals surface area contributed by atoms with Crippen LogP contribution < -0.4 is 5.32 Å². The van der Waals surface area contributed by atoms with Crippen LogP contribution in [-0.4, -0.2) is 72.8 Å². The van der Waals surface area contributed by atoms with E-state index in [0.29, 0.717) is 50.3 Å². The van der Waals surface area contributed by atoms with Crippen LogP contribution in [0.5, 0.6) is 0 Å². The molecule has 0 bridgehead atoms. The molecule has 3 rings (SSSR count). The monoisotopic (exact) mass is 365 g/mol. The first-order valence-electron chi connectivity index (χ1n) is 8.43. The number of nitrogens with zero attached hydrogens (tertiary/aromatic N) is 3. The van der Waals surface area contributed by atoms with E-state index in [9.17, 15) is 13.2 Å². The average Bonchev–Trinajstić information content (AvgIpc) is 3.05. The second-order valence-corrected chi connectivity index (χ2v) is 7.99. The molecule has 3 heterocycles. The van der Waals surface area contributed by atoms with Crippen molar-refractivity contribution in [2.75, 3.05) is 39.3 Å². The van der Waals surface area contributed by atoms with Crippen LogP contribution in [0.2, 0.25) is 0 Å². The fraction of sp³-hybridized carbons (Fsp3) is 0.500. The van der Waals surface area contributed by atoms with Crippen LogP contribution in [0.25, 0.3) is 11.0 Å². The number of rotatable bonds is 6. The van der Waals surface area contributed by atoms with Crippen molar-refractivity contribution in [3.63, 3.8) is 0 Å². The van der Waals surface area contributed by atoms with Crippen LogP contribution in [0.3, 0.4) is 0 Å². The molecule has 1 amide bonds. The van der Waals surface area contributed by atoms with Crippen molar-refractivity contribution >= 4 is 27.0 Å². The van der Waals surface area contributed by atoms with Gasteiger partial charge >= 0.3 is 0 Å². The quantitative estimate of drug-likeness (QED) is 0.772. The summed E-state index contributed by atoms with van der Waals surface area (Å²) in [5, 5.41) is 3.44. The summed E-state index contributed by atoms with van der Waals surface area (Å²) in [4.78, 5) is 21.1. The van der Waals surface area contributed by atoms with Crippen LogP contribution in [-0.2, 0) is 14.8 Å². The van der Waals surface area contributed by atoms with E-state index in [0.717, 1.165) is 6.42 Å². The molecule has 0 saturated carbocycles. The van der Waals surface area contributed by atoms with Gasteiger partial charge in [-0.2, -0.15) is 4.31 Å². The smallest absolute Gasteiger partial charge is 0.245 e. The van der Waals surface area contributed by atoms with Gasteiger partial charge in [-0.3, -0.25) is 9.69 Å². The maximum atomic E-state index is 12.9. The summed E-state index contributed by atoms with van der Waals surface area (Å²) < 4.78 is 27.3. The summed E-state index contributed by atoms with van der Waals surface area (Å²) in [6, 6.07) is 3.47. The molecule has 1 aliphatic heterocycles. The first-order valence-corrected chi connectivity index (χ1v) is 9.87. The summed E-state index contributed by atoms with van der Waals surface area (Å²) in [5.41, 5.74) is 0.562. The van der Waals surface area contributed by atoms with E-state index in [-0.39, 0.29) is 10.8 Å². The number of sulfonamides is 1. The third-order valence-corrected chi connectivity index (χ3v) is 6.24. The van der Waals surface area contributed by atoms with Gasteiger partial charge in [0.1, 0.15) is 10.5 Å². The Bertz CT molecular complexity index is 840. The van der Waals surface area contributed by atoms with Gasteiger partial charge in [-0.15, -0.1) is 0 Å². The summed E-state index contributed by atoms with van der Waals surface area (Å²) in [5.74, 6) is -0.0131. The molecule has 25 heavy (non-hydrogen) atoms. The second kappa shape index (κ2) is 7.51. The van der Waals surface area contributed by atoms with Gasteiger partial charge in [-0.25, -0.2) is 13.4 Å². The number of H-pyrrole nitrogens is 1. The molecule has 136 valence electrons. The number of aromatic nitrogens is 2. The number of piperazine rings is 1.